The van der Waals surface area contributed by atoms with E-state index in [0.29, 0.717) is 12.2 Å². The number of ketones is 1. The van der Waals surface area contributed by atoms with Crippen LogP contribution in [0.15, 0.2) is 12.1 Å². The molecule has 0 saturated carbocycles. The summed E-state index contributed by atoms with van der Waals surface area (Å²) in [6.07, 6.45) is 0.516. The fourth-order valence-corrected chi connectivity index (χ4v) is 3.16. The number of rotatable bonds is 4. The van der Waals surface area contributed by atoms with E-state index in [1.807, 2.05) is 13.8 Å². The summed E-state index contributed by atoms with van der Waals surface area (Å²) in [4.78, 5) is 15.1. The van der Waals surface area contributed by atoms with Crippen molar-refractivity contribution in [2.75, 3.05) is 26.3 Å². The van der Waals surface area contributed by atoms with E-state index in [1.165, 1.54) is 22.3 Å². The Kier molecular flexibility index (Phi) is 4.84. The van der Waals surface area contributed by atoms with Crippen molar-refractivity contribution in [1.82, 2.24) is 4.90 Å². The molecule has 1 aromatic carbocycles. The van der Waals surface area contributed by atoms with Gasteiger partial charge >= 0.3 is 0 Å². The number of nitrogens with zero attached hydrogens (tertiary/aromatic N) is 1. The van der Waals surface area contributed by atoms with E-state index in [4.69, 9.17) is 4.74 Å². The predicted octanol–water partition coefficient (Wildman–Crippen LogP) is 2.83. The number of hydrogen-bond donors (Lipinski definition) is 0. The number of carbonyl (C=O) groups excluding carboxylic acids is 1. The van der Waals surface area contributed by atoms with Crippen molar-refractivity contribution in [2.24, 2.45) is 0 Å². The second-order valence-electron chi connectivity index (χ2n) is 6.64. The van der Waals surface area contributed by atoms with Crippen molar-refractivity contribution in [1.29, 1.82) is 0 Å². The fourth-order valence-electron chi connectivity index (χ4n) is 3.16. The summed E-state index contributed by atoms with van der Waals surface area (Å²) in [6.45, 7) is 13.5. The van der Waals surface area contributed by atoms with E-state index >= 15 is 0 Å². The predicted molar refractivity (Wildman–Crippen MR) is 85.8 cm³/mol. The van der Waals surface area contributed by atoms with Gasteiger partial charge in [0.05, 0.1) is 18.8 Å². The Labute approximate surface area is 128 Å². The Hall–Kier alpha value is -1.19. The van der Waals surface area contributed by atoms with Crippen molar-refractivity contribution in [3.8, 4) is 0 Å². The molecule has 0 aliphatic carbocycles. The lowest BCUT2D eigenvalue weighted by Gasteiger charge is -2.39. The van der Waals surface area contributed by atoms with Gasteiger partial charge in [-0.15, -0.1) is 0 Å². The molecule has 0 spiro atoms. The van der Waals surface area contributed by atoms with Gasteiger partial charge in [0, 0.05) is 19.5 Å². The molecule has 1 aliphatic rings. The quantitative estimate of drug-likeness (QED) is 0.853. The summed E-state index contributed by atoms with van der Waals surface area (Å²) in [5.41, 5.74) is 4.46. The van der Waals surface area contributed by atoms with Crippen LogP contribution in [0.4, 0.5) is 0 Å². The van der Waals surface area contributed by atoms with Crippen LogP contribution in [0.2, 0.25) is 0 Å². The minimum atomic E-state index is -0.423. The number of morpholine rings is 1. The molecule has 1 aliphatic heterocycles. The average Bonchev–Trinajstić information content (AvgIpc) is 2.43. The standard InChI is InChI=1S/C18H27NO2/c1-13-10-14(2)16(15(3)11-13)12-17(20)18(4,5)19-6-8-21-9-7-19/h10-11H,6-9,12H2,1-5H3. The molecule has 1 fully saturated rings. The van der Waals surface area contributed by atoms with Crippen LogP contribution in [0, 0.1) is 20.8 Å². The lowest BCUT2D eigenvalue weighted by molar-refractivity contribution is -0.131. The molecule has 2 rings (SSSR count). The van der Waals surface area contributed by atoms with E-state index in [2.05, 4.69) is 37.8 Å². The van der Waals surface area contributed by atoms with E-state index in [0.717, 1.165) is 26.3 Å². The Balaban J connectivity index is 2.17. The maximum absolute atomic E-state index is 12.8. The molecule has 0 radical (unpaired) electrons. The Morgan fingerprint density at radius 3 is 2.19 bits per heavy atom. The number of ether oxygens (including phenoxy) is 1. The molecule has 0 N–H and O–H groups in total. The van der Waals surface area contributed by atoms with Crippen molar-refractivity contribution in [2.45, 2.75) is 46.6 Å². The van der Waals surface area contributed by atoms with Gasteiger partial charge in [-0.05, 0) is 51.3 Å². The van der Waals surface area contributed by atoms with E-state index in [1.54, 1.807) is 0 Å². The van der Waals surface area contributed by atoms with Crippen molar-refractivity contribution in [3.63, 3.8) is 0 Å². The van der Waals surface area contributed by atoms with Gasteiger partial charge in [0.15, 0.2) is 5.78 Å². The SMILES string of the molecule is Cc1cc(C)c(CC(=O)C(C)(C)N2CCOCC2)c(C)c1. The van der Waals surface area contributed by atoms with Crippen molar-refractivity contribution < 1.29 is 9.53 Å². The fraction of sp³-hybridized carbons (Fsp3) is 0.611. The lowest BCUT2D eigenvalue weighted by Crippen LogP contribution is -2.55. The van der Waals surface area contributed by atoms with Crippen LogP contribution < -0.4 is 0 Å². The van der Waals surface area contributed by atoms with E-state index in [-0.39, 0.29) is 0 Å². The molecule has 3 nitrogen and oxygen atoms in total. The molecule has 1 heterocycles. The molecule has 116 valence electrons. The third kappa shape index (κ3) is 3.53. The number of Topliss-reactive ketones (excluding diaryl/α,β-unsaturated/α-hetero) is 1. The van der Waals surface area contributed by atoms with E-state index < -0.39 is 5.54 Å². The van der Waals surface area contributed by atoms with Crippen molar-refractivity contribution >= 4 is 5.78 Å². The summed E-state index contributed by atoms with van der Waals surface area (Å²) < 4.78 is 5.39. The van der Waals surface area contributed by atoms with Gasteiger partial charge in [-0.25, -0.2) is 0 Å². The van der Waals surface area contributed by atoms with Crippen LogP contribution in [0.5, 0.6) is 0 Å². The highest BCUT2D eigenvalue weighted by Gasteiger charge is 2.35. The van der Waals surface area contributed by atoms with Crippen LogP contribution in [0.1, 0.15) is 36.1 Å². The zero-order valence-electron chi connectivity index (χ0n) is 14.0. The summed E-state index contributed by atoms with van der Waals surface area (Å²) >= 11 is 0. The minimum absolute atomic E-state index is 0.291. The molecule has 0 aromatic heterocycles. The summed E-state index contributed by atoms with van der Waals surface area (Å²) in [7, 11) is 0. The Morgan fingerprint density at radius 1 is 1.14 bits per heavy atom. The second kappa shape index (κ2) is 6.29. The highest BCUT2D eigenvalue weighted by atomic mass is 16.5. The average molecular weight is 289 g/mol. The maximum Gasteiger partial charge on any atom is 0.156 e. The maximum atomic E-state index is 12.8. The molecule has 0 amide bonds. The van der Waals surface area contributed by atoms with Gasteiger partial charge in [0.1, 0.15) is 0 Å². The molecular formula is C18H27NO2. The van der Waals surface area contributed by atoms with Crippen LogP contribution in [0.3, 0.4) is 0 Å². The monoisotopic (exact) mass is 289 g/mol. The number of carbonyl (C=O) groups is 1. The first-order valence-corrected chi connectivity index (χ1v) is 7.75. The van der Waals surface area contributed by atoms with E-state index in [9.17, 15) is 4.79 Å². The summed E-state index contributed by atoms with van der Waals surface area (Å²) in [5.74, 6) is 0.291. The molecule has 1 aromatic rings. The smallest absolute Gasteiger partial charge is 0.156 e. The largest absolute Gasteiger partial charge is 0.379 e. The second-order valence-corrected chi connectivity index (χ2v) is 6.64. The zero-order chi connectivity index (χ0) is 15.6. The molecular weight excluding hydrogens is 262 g/mol. The Morgan fingerprint density at radius 2 is 1.67 bits per heavy atom. The third-order valence-corrected chi connectivity index (χ3v) is 4.66. The minimum Gasteiger partial charge on any atom is -0.379 e. The van der Waals surface area contributed by atoms with Gasteiger partial charge in [-0.2, -0.15) is 0 Å². The highest BCUT2D eigenvalue weighted by molar-refractivity contribution is 5.90. The van der Waals surface area contributed by atoms with Gasteiger partial charge in [0.25, 0.3) is 0 Å². The van der Waals surface area contributed by atoms with Crippen LogP contribution in [-0.2, 0) is 16.0 Å². The first kappa shape index (κ1) is 16.2. The topological polar surface area (TPSA) is 29.5 Å². The first-order valence-electron chi connectivity index (χ1n) is 7.75. The van der Waals surface area contributed by atoms with Gasteiger partial charge in [0.2, 0.25) is 0 Å². The third-order valence-electron chi connectivity index (χ3n) is 4.66. The number of aryl methyl sites for hydroxylation is 3. The first-order chi connectivity index (χ1) is 9.82. The number of hydrogen-bond acceptors (Lipinski definition) is 3. The molecule has 1 saturated heterocycles. The van der Waals surface area contributed by atoms with Gasteiger partial charge in [-0.3, -0.25) is 9.69 Å². The van der Waals surface area contributed by atoms with Crippen LogP contribution in [0.25, 0.3) is 0 Å². The van der Waals surface area contributed by atoms with Gasteiger partial charge in [-0.1, -0.05) is 17.7 Å². The molecule has 3 heteroatoms. The molecule has 0 atom stereocenters. The molecule has 0 unspecified atom stereocenters. The summed E-state index contributed by atoms with van der Waals surface area (Å²) in [6, 6.07) is 4.33. The van der Waals surface area contributed by atoms with Gasteiger partial charge < -0.3 is 4.74 Å². The van der Waals surface area contributed by atoms with Crippen LogP contribution >= 0.6 is 0 Å². The highest BCUT2D eigenvalue weighted by Crippen LogP contribution is 2.23. The lowest BCUT2D eigenvalue weighted by atomic mass is 9.88. The Bertz CT molecular complexity index is 505. The van der Waals surface area contributed by atoms with Crippen LogP contribution in [-0.4, -0.2) is 42.5 Å². The summed E-state index contributed by atoms with van der Waals surface area (Å²) in [5, 5.41) is 0. The van der Waals surface area contributed by atoms with Crippen molar-refractivity contribution in [3.05, 3.63) is 34.4 Å². The molecule has 0 bridgehead atoms. The molecule has 21 heavy (non-hydrogen) atoms. The number of benzene rings is 1. The normalized spacial score (nSPS) is 17.0. The zero-order valence-corrected chi connectivity index (χ0v) is 14.0.